The van der Waals surface area contributed by atoms with Crippen LogP contribution < -0.4 is 4.90 Å². The molecule has 6 nitrogen and oxygen atoms in total. The van der Waals surface area contributed by atoms with Gasteiger partial charge < -0.3 is 9.47 Å². The molecule has 3 rings (SSSR count). The van der Waals surface area contributed by atoms with Crippen molar-refractivity contribution >= 4 is 5.95 Å². The van der Waals surface area contributed by atoms with Crippen molar-refractivity contribution in [2.75, 3.05) is 37.6 Å². The zero-order chi connectivity index (χ0) is 14.7. The first kappa shape index (κ1) is 14.0. The van der Waals surface area contributed by atoms with E-state index in [0.717, 1.165) is 44.5 Å². The van der Waals surface area contributed by atoms with Gasteiger partial charge >= 0.3 is 0 Å². The molecule has 1 aliphatic rings. The lowest BCUT2D eigenvalue weighted by Gasteiger charge is -2.36. The summed E-state index contributed by atoms with van der Waals surface area (Å²) in [5.41, 5.74) is 0. The van der Waals surface area contributed by atoms with E-state index in [1.165, 1.54) is 0 Å². The highest BCUT2D eigenvalue weighted by atomic mass is 15.3. The van der Waals surface area contributed by atoms with E-state index in [0.29, 0.717) is 6.04 Å². The van der Waals surface area contributed by atoms with E-state index in [-0.39, 0.29) is 0 Å². The van der Waals surface area contributed by atoms with E-state index in [1.807, 2.05) is 12.3 Å². The molecule has 0 unspecified atom stereocenters. The second-order valence-corrected chi connectivity index (χ2v) is 5.57. The maximum Gasteiger partial charge on any atom is 0.225 e. The fraction of sp³-hybridized carbons (Fsp3) is 0.533. The molecule has 0 aromatic carbocycles. The zero-order valence-electron chi connectivity index (χ0n) is 12.7. The first-order valence-electron chi connectivity index (χ1n) is 7.48. The summed E-state index contributed by atoms with van der Waals surface area (Å²) in [6, 6.07) is 2.31. The monoisotopic (exact) mass is 286 g/mol. The van der Waals surface area contributed by atoms with E-state index in [4.69, 9.17) is 0 Å². The van der Waals surface area contributed by atoms with Gasteiger partial charge in [0, 0.05) is 63.6 Å². The third kappa shape index (κ3) is 3.21. The highest BCUT2D eigenvalue weighted by Gasteiger charge is 2.20. The van der Waals surface area contributed by atoms with Gasteiger partial charge in [-0.25, -0.2) is 15.0 Å². The average molecular weight is 286 g/mol. The number of hydrogen-bond acceptors (Lipinski definition) is 5. The molecule has 1 atom stereocenters. The number of anilines is 1. The van der Waals surface area contributed by atoms with Crippen LogP contribution in [0.4, 0.5) is 5.95 Å². The summed E-state index contributed by atoms with van der Waals surface area (Å²) in [4.78, 5) is 17.7. The minimum atomic E-state index is 0.451. The van der Waals surface area contributed by atoms with Crippen molar-refractivity contribution in [3.05, 3.63) is 36.7 Å². The van der Waals surface area contributed by atoms with Gasteiger partial charge in [-0.1, -0.05) is 0 Å². The molecule has 0 amide bonds. The lowest BCUT2D eigenvalue weighted by molar-refractivity contribution is 0.224. The number of aromatic nitrogens is 4. The standard InChI is InChI=1S/C15H22N6/c1-13(21-7-6-16-14(21)2)12-19-8-10-20(11-9-19)15-17-4-3-5-18-15/h3-7,13H,8-12H2,1-2H3/t13-/m0/s1. The van der Waals surface area contributed by atoms with Crippen molar-refractivity contribution in [1.29, 1.82) is 0 Å². The largest absolute Gasteiger partial charge is 0.338 e. The topological polar surface area (TPSA) is 50.1 Å². The Morgan fingerprint density at radius 2 is 1.76 bits per heavy atom. The summed E-state index contributed by atoms with van der Waals surface area (Å²) in [5.74, 6) is 1.93. The summed E-state index contributed by atoms with van der Waals surface area (Å²) < 4.78 is 2.24. The lowest BCUT2D eigenvalue weighted by Crippen LogP contribution is -2.48. The van der Waals surface area contributed by atoms with Crippen molar-refractivity contribution in [2.45, 2.75) is 19.9 Å². The SMILES string of the molecule is Cc1nccn1[C@@H](C)CN1CCN(c2ncccn2)CC1. The first-order chi connectivity index (χ1) is 10.2. The molecular formula is C15H22N6. The van der Waals surface area contributed by atoms with Gasteiger partial charge in [-0.15, -0.1) is 0 Å². The van der Waals surface area contributed by atoms with Gasteiger partial charge in [0.2, 0.25) is 5.95 Å². The Hall–Kier alpha value is -1.95. The van der Waals surface area contributed by atoms with E-state index >= 15 is 0 Å². The highest BCUT2D eigenvalue weighted by Crippen LogP contribution is 2.14. The highest BCUT2D eigenvalue weighted by molar-refractivity contribution is 5.29. The molecule has 0 aliphatic carbocycles. The fourth-order valence-electron chi connectivity index (χ4n) is 2.90. The molecule has 6 heteroatoms. The second-order valence-electron chi connectivity index (χ2n) is 5.57. The van der Waals surface area contributed by atoms with Crippen LogP contribution in [0.5, 0.6) is 0 Å². The van der Waals surface area contributed by atoms with Crippen molar-refractivity contribution in [3.8, 4) is 0 Å². The quantitative estimate of drug-likeness (QED) is 0.849. The number of nitrogens with zero attached hydrogens (tertiary/aromatic N) is 6. The molecule has 0 spiro atoms. The van der Waals surface area contributed by atoms with Crippen LogP contribution in [0.15, 0.2) is 30.9 Å². The van der Waals surface area contributed by atoms with E-state index < -0.39 is 0 Å². The zero-order valence-corrected chi connectivity index (χ0v) is 12.7. The summed E-state index contributed by atoms with van der Waals surface area (Å²) >= 11 is 0. The summed E-state index contributed by atoms with van der Waals surface area (Å²) in [5, 5.41) is 0. The molecule has 0 radical (unpaired) electrons. The van der Waals surface area contributed by atoms with E-state index in [2.05, 4.69) is 49.4 Å². The van der Waals surface area contributed by atoms with Gasteiger partial charge in [0.15, 0.2) is 0 Å². The van der Waals surface area contributed by atoms with Crippen molar-refractivity contribution in [1.82, 2.24) is 24.4 Å². The molecule has 112 valence electrons. The van der Waals surface area contributed by atoms with Gasteiger partial charge in [-0.05, 0) is 19.9 Å². The van der Waals surface area contributed by atoms with Gasteiger partial charge in [0.05, 0.1) is 0 Å². The number of rotatable bonds is 4. The van der Waals surface area contributed by atoms with Crippen LogP contribution in [0.1, 0.15) is 18.8 Å². The Labute approximate surface area is 125 Å². The van der Waals surface area contributed by atoms with Gasteiger partial charge in [0.25, 0.3) is 0 Å². The maximum atomic E-state index is 4.32. The normalized spacial score (nSPS) is 17.9. The molecular weight excluding hydrogens is 264 g/mol. The van der Waals surface area contributed by atoms with E-state index in [1.54, 1.807) is 12.4 Å². The minimum Gasteiger partial charge on any atom is -0.338 e. The first-order valence-corrected chi connectivity index (χ1v) is 7.48. The lowest BCUT2D eigenvalue weighted by atomic mass is 10.2. The summed E-state index contributed by atoms with van der Waals surface area (Å²) in [6.45, 7) is 9.44. The fourth-order valence-corrected chi connectivity index (χ4v) is 2.90. The molecule has 0 saturated carbocycles. The van der Waals surface area contributed by atoms with Gasteiger partial charge in [-0.3, -0.25) is 4.90 Å². The van der Waals surface area contributed by atoms with Crippen molar-refractivity contribution in [2.24, 2.45) is 0 Å². The maximum absolute atomic E-state index is 4.32. The summed E-state index contributed by atoms with van der Waals surface area (Å²) in [7, 11) is 0. The molecule has 0 bridgehead atoms. The van der Waals surface area contributed by atoms with Crippen molar-refractivity contribution in [3.63, 3.8) is 0 Å². The van der Waals surface area contributed by atoms with Gasteiger partial charge in [-0.2, -0.15) is 0 Å². The Balaban J connectivity index is 1.53. The van der Waals surface area contributed by atoms with E-state index in [9.17, 15) is 0 Å². The molecule has 21 heavy (non-hydrogen) atoms. The third-order valence-electron chi connectivity index (χ3n) is 4.07. The number of hydrogen-bond donors (Lipinski definition) is 0. The Bertz CT molecular complexity index is 559. The predicted molar refractivity (Wildman–Crippen MR) is 82.4 cm³/mol. The number of aryl methyl sites for hydroxylation is 1. The van der Waals surface area contributed by atoms with Crippen LogP contribution in [-0.2, 0) is 0 Å². The Morgan fingerprint density at radius 1 is 1.05 bits per heavy atom. The summed E-state index contributed by atoms with van der Waals surface area (Å²) in [6.07, 6.45) is 7.54. The number of piperazine rings is 1. The average Bonchev–Trinajstić information content (AvgIpc) is 2.95. The van der Waals surface area contributed by atoms with Crippen molar-refractivity contribution < 1.29 is 0 Å². The minimum absolute atomic E-state index is 0.451. The van der Waals surface area contributed by atoms with Gasteiger partial charge in [0.1, 0.15) is 5.82 Å². The smallest absolute Gasteiger partial charge is 0.225 e. The molecule has 1 aliphatic heterocycles. The molecule has 2 aromatic rings. The van der Waals surface area contributed by atoms with Crippen LogP contribution in [0.25, 0.3) is 0 Å². The Kier molecular flexibility index (Phi) is 4.15. The Morgan fingerprint density at radius 3 is 2.38 bits per heavy atom. The third-order valence-corrected chi connectivity index (χ3v) is 4.07. The van der Waals surface area contributed by atoms with Crippen LogP contribution in [0.2, 0.25) is 0 Å². The molecule has 0 N–H and O–H groups in total. The van der Waals surface area contributed by atoms with Crippen LogP contribution in [-0.4, -0.2) is 57.1 Å². The molecule has 1 fully saturated rings. The molecule has 3 heterocycles. The van der Waals surface area contributed by atoms with Crippen LogP contribution in [0.3, 0.4) is 0 Å². The second kappa shape index (κ2) is 6.22. The predicted octanol–water partition coefficient (Wildman–Crippen LogP) is 1.36. The van der Waals surface area contributed by atoms with Crippen LogP contribution in [0, 0.1) is 6.92 Å². The molecule has 1 saturated heterocycles. The molecule has 2 aromatic heterocycles. The number of imidazole rings is 1. The van der Waals surface area contributed by atoms with Crippen LogP contribution >= 0.6 is 0 Å².